The van der Waals surface area contributed by atoms with Crippen LogP contribution < -0.4 is 10.6 Å². The Kier molecular flexibility index (Phi) is 8.68. The van der Waals surface area contributed by atoms with E-state index in [4.69, 9.17) is 9.84 Å². The molecule has 0 aliphatic heterocycles. The second-order valence-electron chi connectivity index (χ2n) is 9.47. The van der Waals surface area contributed by atoms with Gasteiger partial charge in [-0.1, -0.05) is 62.4 Å². The summed E-state index contributed by atoms with van der Waals surface area (Å²) in [5.74, 6) is -0.901. The van der Waals surface area contributed by atoms with E-state index in [-0.39, 0.29) is 37.2 Å². The number of carboxylic acid groups (broad SMARTS) is 1. The zero-order chi connectivity index (χ0) is 24.7. The highest BCUT2D eigenvalue weighted by molar-refractivity contribution is 5.79. The molecule has 0 spiro atoms. The van der Waals surface area contributed by atoms with Crippen LogP contribution in [0, 0.1) is 11.8 Å². The lowest BCUT2D eigenvalue weighted by Gasteiger charge is -2.19. The molecule has 3 rings (SSSR count). The van der Waals surface area contributed by atoms with Gasteiger partial charge in [0.05, 0.1) is 0 Å². The van der Waals surface area contributed by atoms with Crippen molar-refractivity contribution in [1.82, 2.24) is 10.6 Å². The van der Waals surface area contributed by atoms with Crippen LogP contribution in [0.15, 0.2) is 48.5 Å². The molecule has 182 valence electrons. The minimum atomic E-state index is -0.870. The number of carbonyl (C=O) groups is 3. The first-order valence-corrected chi connectivity index (χ1v) is 11.8. The molecule has 2 amide bonds. The first-order chi connectivity index (χ1) is 16.2. The van der Waals surface area contributed by atoms with E-state index >= 15 is 0 Å². The topological polar surface area (TPSA) is 105 Å². The second kappa shape index (κ2) is 11.7. The van der Waals surface area contributed by atoms with Crippen molar-refractivity contribution in [3.05, 3.63) is 59.7 Å². The molecule has 7 heteroatoms. The maximum Gasteiger partial charge on any atom is 0.407 e. The minimum Gasteiger partial charge on any atom is -0.481 e. The number of hydrogen-bond donors (Lipinski definition) is 3. The van der Waals surface area contributed by atoms with Crippen LogP contribution in [0.5, 0.6) is 0 Å². The molecule has 0 radical (unpaired) electrons. The number of aliphatic carboxylic acids is 1. The van der Waals surface area contributed by atoms with Gasteiger partial charge >= 0.3 is 12.1 Å². The molecule has 2 aromatic rings. The molecule has 0 unspecified atom stereocenters. The average Bonchev–Trinajstić information content (AvgIpc) is 3.09. The lowest BCUT2D eigenvalue weighted by Crippen LogP contribution is -2.39. The molecular weight excluding hydrogens is 432 g/mol. The first kappa shape index (κ1) is 25.3. The average molecular weight is 467 g/mol. The van der Waals surface area contributed by atoms with Gasteiger partial charge in [0, 0.05) is 31.3 Å². The third-order valence-electron chi connectivity index (χ3n) is 6.06. The van der Waals surface area contributed by atoms with E-state index in [0.29, 0.717) is 12.5 Å². The van der Waals surface area contributed by atoms with Crippen molar-refractivity contribution < 1.29 is 24.2 Å². The largest absolute Gasteiger partial charge is 0.481 e. The molecule has 3 N–H and O–H groups in total. The number of fused-ring (bicyclic) bond motifs is 3. The number of hydrogen-bond acceptors (Lipinski definition) is 4. The highest BCUT2D eigenvalue weighted by atomic mass is 16.5. The molecule has 0 aromatic heterocycles. The van der Waals surface area contributed by atoms with Crippen LogP contribution in [-0.4, -0.2) is 42.3 Å². The Morgan fingerprint density at radius 1 is 0.941 bits per heavy atom. The Bertz CT molecular complexity index is 974. The highest BCUT2D eigenvalue weighted by Crippen LogP contribution is 2.44. The standard InChI is InChI=1S/C27H34N2O5/c1-17(2)12-19(14-26(31)32)15-28-25(30)13-18(3)29-27(33)34-16-24-22-10-6-4-8-20(22)21-9-5-7-11-23(21)24/h4-11,17-19,24H,12-16H2,1-3H3,(H,28,30)(H,29,33)(H,31,32)/t18-,19-/m0/s1. The maximum atomic E-state index is 12.4. The Balaban J connectivity index is 1.46. The molecule has 0 heterocycles. The van der Waals surface area contributed by atoms with Gasteiger partial charge in [0.15, 0.2) is 0 Å². The summed E-state index contributed by atoms with van der Waals surface area (Å²) in [4.78, 5) is 35.7. The number of benzene rings is 2. The van der Waals surface area contributed by atoms with E-state index in [0.717, 1.165) is 28.7 Å². The summed E-state index contributed by atoms with van der Waals surface area (Å²) in [5, 5.41) is 14.6. The Hall–Kier alpha value is -3.35. The van der Waals surface area contributed by atoms with Crippen LogP contribution in [0.1, 0.15) is 57.1 Å². The number of nitrogens with one attached hydrogen (secondary N) is 2. The minimum absolute atomic E-state index is 0.0199. The van der Waals surface area contributed by atoms with Gasteiger partial charge in [0.1, 0.15) is 6.61 Å². The molecule has 34 heavy (non-hydrogen) atoms. The molecule has 2 aromatic carbocycles. The van der Waals surface area contributed by atoms with Gasteiger partial charge in [0.25, 0.3) is 0 Å². The summed E-state index contributed by atoms with van der Waals surface area (Å²) < 4.78 is 5.53. The molecule has 0 bridgehead atoms. The molecule has 2 atom stereocenters. The summed E-state index contributed by atoms with van der Waals surface area (Å²) in [6, 6.07) is 15.8. The number of amides is 2. The number of alkyl carbamates (subject to hydrolysis) is 1. The molecule has 1 aliphatic rings. The van der Waals surface area contributed by atoms with Gasteiger partial charge < -0.3 is 20.5 Å². The predicted octanol–water partition coefficient (Wildman–Crippen LogP) is 4.56. The van der Waals surface area contributed by atoms with Gasteiger partial charge in [-0.2, -0.15) is 0 Å². The number of rotatable bonds is 11. The van der Waals surface area contributed by atoms with Crippen LogP contribution in [-0.2, 0) is 14.3 Å². The molecule has 1 aliphatic carbocycles. The van der Waals surface area contributed by atoms with Crippen LogP contribution in [0.4, 0.5) is 4.79 Å². The van der Waals surface area contributed by atoms with Crippen molar-refractivity contribution in [2.45, 2.75) is 52.0 Å². The van der Waals surface area contributed by atoms with E-state index in [9.17, 15) is 14.4 Å². The Morgan fingerprint density at radius 3 is 2.09 bits per heavy atom. The van der Waals surface area contributed by atoms with Crippen LogP contribution in [0.3, 0.4) is 0 Å². The van der Waals surface area contributed by atoms with Crippen molar-refractivity contribution in [3.63, 3.8) is 0 Å². The monoisotopic (exact) mass is 466 g/mol. The van der Waals surface area contributed by atoms with E-state index in [1.165, 1.54) is 0 Å². The van der Waals surface area contributed by atoms with Gasteiger partial charge in [-0.05, 0) is 47.4 Å². The third-order valence-corrected chi connectivity index (χ3v) is 6.06. The fourth-order valence-corrected chi connectivity index (χ4v) is 4.65. The molecule has 0 saturated carbocycles. The summed E-state index contributed by atoms with van der Waals surface area (Å²) in [5.41, 5.74) is 4.61. The zero-order valence-corrected chi connectivity index (χ0v) is 20.0. The Labute approximate surface area is 200 Å². The first-order valence-electron chi connectivity index (χ1n) is 11.8. The number of ether oxygens (including phenoxy) is 1. The molecule has 7 nitrogen and oxygen atoms in total. The fraction of sp³-hybridized carbons (Fsp3) is 0.444. The van der Waals surface area contributed by atoms with Crippen molar-refractivity contribution >= 4 is 18.0 Å². The smallest absolute Gasteiger partial charge is 0.407 e. The third kappa shape index (κ3) is 6.83. The van der Waals surface area contributed by atoms with Crippen molar-refractivity contribution in [2.24, 2.45) is 11.8 Å². The number of carboxylic acids is 1. The van der Waals surface area contributed by atoms with E-state index in [1.54, 1.807) is 6.92 Å². The van der Waals surface area contributed by atoms with Gasteiger partial charge in [-0.15, -0.1) is 0 Å². The molecule has 0 fully saturated rings. The van der Waals surface area contributed by atoms with Gasteiger partial charge in [0.2, 0.25) is 5.91 Å². The van der Waals surface area contributed by atoms with Gasteiger partial charge in [-0.3, -0.25) is 9.59 Å². The summed E-state index contributed by atoms with van der Waals surface area (Å²) >= 11 is 0. The summed E-state index contributed by atoms with van der Waals surface area (Å²) in [6.07, 6.45) is 0.267. The highest BCUT2D eigenvalue weighted by Gasteiger charge is 2.29. The van der Waals surface area contributed by atoms with E-state index < -0.39 is 18.1 Å². The van der Waals surface area contributed by atoms with Crippen molar-refractivity contribution in [1.29, 1.82) is 0 Å². The fourth-order valence-electron chi connectivity index (χ4n) is 4.65. The van der Waals surface area contributed by atoms with Crippen molar-refractivity contribution in [3.8, 4) is 11.1 Å². The van der Waals surface area contributed by atoms with Crippen molar-refractivity contribution in [2.75, 3.05) is 13.2 Å². The van der Waals surface area contributed by atoms with Crippen LogP contribution in [0.2, 0.25) is 0 Å². The Morgan fingerprint density at radius 2 is 1.53 bits per heavy atom. The quantitative estimate of drug-likeness (QED) is 0.450. The van der Waals surface area contributed by atoms with Crippen LogP contribution in [0.25, 0.3) is 11.1 Å². The normalized spacial score (nSPS) is 14.1. The zero-order valence-electron chi connectivity index (χ0n) is 20.0. The van der Waals surface area contributed by atoms with Gasteiger partial charge in [-0.25, -0.2) is 4.79 Å². The van der Waals surface area contributed by atoms with Crippen LogP contribution >= 0.6 is 0 Å². The SMILES string of the molecule is CC(C)C[C@H](CNC(=O)C[C@H](C)NC(=O)OCC1c2ccccc2-c2ccccc21)CC(=O)O. The maximum absolute atomic E-state index is 12.4. The molecular formula is C27H34N2O5. The lowest BCUT2D eigenvalue weighted by molar-refractivity contribution is -0.138. The number of carbonyl (C=O) groups excluding carboxylic acids is 2. The predicted molar refractivity (Wildman–Crippen MR) is 130 cm³/mol. The lowest BCUT2D eigenvalue weighted by atomic mass is 9.94. The van der Waals surface area contributed by atoms with E-state index in [2.05, 4.69) is 34.9 Å². The van der Waals surface area contributed by atoms with E-state index in [1.807, 2.05) is 38.1 Å². The summed E-state index contributed by atoms with van der Waals surface area (Å²) in [7, 11) is 0. The second-order valence-corrected chi connectivity index (χ2v) is 9.47. The summed E-state index contributed by atoms with van der Waals surface area (Å²) in [6.45, 7) is 6.31. The molecule has 0 saturated heterocycles.